The fourth-order valence-electron chi connectivity index (χ4n) is 1.91. The second-order valence-electron chi connectivity index (χ2n) is 4.15. The standard InChI is InChI=1S/C15H13Br2FO/c1-19-15-9-11(16)6-7-12(15)13(17)8-10-4-2-3-5-14(10)18/h2-7,9,13H,8H2,1H3. The number of benzene rings is 2. The highest BCUT2D eigenvalue weighted by molar-refractivity contribution is 9.10. The lowest BCUT2D eigenvalue weighted by molar-refractivity contribution is 0.409. The topological polar surface area (TPSA) is 9.23 Å². The van der Waals surface area contributed by atoms with Gasteiger partial charge in [-0.15, -0.1) is 0 Å². The second-order valence-corrected chi connectivity index (χ2v) is 6.17. The largest absolute Gasteiger partial charge is 0.496 e. The average molecular weight is 388 g/mol. The summed E-state index contributed by atoms with van der Waals surface area (Å²) in [5.74, 6) is 0.607. The van der Waals surface area contributed by atoms with Crippen LogP contribution < -0.4 is 4.74 Å². The van der Waals surface area contributed by atoms with Crippen LogP contribution in [0.5, 0.6) is 5.75 Å². The number of alkyl halides is 1. The van der Waals surface area contributed by atoms with Crippen molar-refractivity contribution in [3.63, 3.8) is 0 Å². The van der Waals surface area contributed by atoms with Gasteiger partial charge in [0.05, 0.1) is 7.11 Å². The Morgan fingerprint density at radius 3 is 2.63 bits per heavy atom. The molecule has 4 heteroatoms. The predicted molar refractivity (Wildman–Crippen MR) is 82.5 cm³/mol. The lowest BCUT2D eigenvalue weighted by Crippen LogP contribution is -2.00. The van der Waals surface area contributed by atoms with E-state index in [0.717, 1.165) is 15.8 Å². The van der Waals surface area contributed by atoms with Crippen molar-refractivity contribution < 1.29 is 9.13 Å². The van der Waals surface area contributed by atoms with E-state index < -0.39 is 0 Å². The first-order chi connectivity index (χ1) is 9.11. The summed E-state index contributed by atoms with van der Waals surface area (Å²) in [7, 11) is 1.63. The lowest BCUT2D eigenvalue weighted by Gasteiger charge is -2.15. The first-order valence-corrected chi connectivity index (χ1v) is 7.53. The molecule has 1 unspecified atom stereocenters. The van der Waals surface area contributed by atoms with E-state index in [1.807, 2.05) is 24.3 Å². The third-order valence-corrected chi connectivity index (χ3v) is 4.20. The highest BCUT2D eigenvalue weighted by Gasteiger charge is 2.15. The molecule has 0 saturated carbocycles. The Balaban J connectivity index is 2.25. The molecule has 0 bridgehead atoms. The van der Waals surface area contributed by atoms with Gasteiger partial charge in [-0.25, -0.2) is 4.39 Å². The van der Waals surface area contributed by atoms with Gasteiger partial charge in [-0.2, -0.15) is 0 Å². The quantitative estimate of drug-likeness (QED) is 0.649. The molecule has 2 rings (SSSR count). The van der Waals surface area contributed by atoms with Gasteiger partial charge in [-0.3, -0.25) is 0 Å². The normalized spacial score (nSPS) is 12.2. The Morgan fingerprint density at radius 2 is 1.95 bits per heavy atom. The minimum absolute atomic E-state index is 0.00690. The van der Waals surface area contributed by atoms with E-state index in [9.17, 15) is 4.39 Å². The fraction of sp³-hybridized carbons (Fsp3) is 0.200. The number of hydrogen-bond acceptors (Lipinski definition) is 1. The number of hydrogen-bond donors (Lipinski definition) is 0. The van der Waals surface area contributed by atoms with Crippen molar-refractivity contribution in [2.75, 3.05) is 7.11 Å². The van der Waals surface area contributed by atoms with E-state index in [4.69, 9.17) is 4.74 Å². The highest BCUT2D eigenvalue weighted by atomic mass is 79.9. The van der Waals surface area contributed by atoms with Gasteiger partial charge in [-0.1, -0.05) is 56.1 Å². The molecular weight excluding hydrogens is 375 g/mol. The van der Waals surface area contributed by atoms with E-state index >= 15 is 0 Å². The van der Waals surface area contributed by atoms with E-state index in [0.29, 0.717) is 12.0 Å². The van der Waals surface area contributed by atoms with Crippen LogP contribution >= 0.6 is 31.9 Å². The molecule has 0 radical (unpaired) electrons. The number of rotatable bonds is 4. The summed E-state index contributed by atoms with van der Waals surface area (Å²) in [4.78, 5) is 0.00690. The van der Waals surface area contributed by atoms with Crippen LogP contribution in [-0.2, 0) is 6.42 Å². The molecule has 1 atom stereocenters. The Kier molecular flexibility index (Phi) is 4.99. The van der Waals surface area contributed by atoms with Crippen LogP contribution in [0.15, 0.2) is 46.9 Å². The van der Waals surface area contributed by atoms with Gasteiger partial charge in [0.25, 0.3) is 0 Å². The Morgan fingerprint density at radius 1 is 1.21 bits per heavy atom. The molecule has 0 saturated heterocycles. The summed E-state index contributed by atoms with van der Waals surface area (Å²) >= 11 is 7.02. The van der Waals surface area contributed by atoms with Crippen LogP contribution in [0.4, 0.5) is 4.39 Å². The second kappa shape index (κ2) is 6.53. The fourth-order valence-corrected chi connectivity index (χ4v) is 2.98. The van der Waals surface area contributed by atoms with Gasteiger partial charge in [0.15, 0.2) is 0 Å². The Hall–Kier alpha value is -0.870. The molecule has 0 heterocycles. The molecule has 0 amide bonds. The van der Waals surface area contributed by atoms with Crippen LogP contribution in [0.2, 0.25) is 0 Å². The van der Waals surface area contributed by atoms with Gasteiger partial charge in [0.2, 0.25) is 0 Å². The minimum Gasteiger partial charge on any atom is -0.496 e. The Bertz CT molecular complexity index is 572. The van der Waals surface area contributed by atoms with Crippen molar-refractivity contribution in [2.45, 2.75) is 11.2 Å². The third kappa shape index (κ3) is 3.57. The summed E-state index contributed by atoms with van der Waals surface area (Å²) in [6.45, 7) is 0. The summed E-state index contributed by atoms with van der Waals surface area (Å²) in [5, 5.41) is 0. The SMILES string of the molecule is COc1cc(Br)ccc1C(Br)Cc1ccccc1F. The van der Waals surface area contributed by atoms with Gasteiger partial charge in [-0.05, 0) is 30.2 Å². The lowest BCUT2D eigenvalue weighted by atomic mass is 10.0. The molecule has 19 heavy (non-hydrogen) atoms. The zero-order chi connectivity index (χ0) is 13.8. The van der Waals surface area contributed by atoms with Crippen LogP contribution in [0.3, 0.4) is 0 Å². The van der Waals surface area contributed by atoms with Gasteiger partial charge in [0.1, 0.15) is 11.6 Å². The molecule has 1 nitrogen and oxygen atoms in total. The van der Waals surface area contributed by atoms with E-state index in [1.54, 1.807) is 19.2 Å². The van der Waals surface area contributed by atoms with Crippen LogP contribution in [0, 0.1) is 5.82 Å². The van der Waals surface area contributed by atoms with E-state index in [2.05, 4.69) is 31.9 Å². The van der Waals surface area contributed by atoms with Crippen molar-refractivity contribution in [3.05, 3.63) is 63.9 Å². The molecule has 2 aromatic carbocycles. The van der Waals surface area contributed by atoms with Crippen molar-refractivity contribution in [2.24, 2.45) is 0 Å². The van der Waals surface area contributed by atoms with Crippen molar-refractivity contribution in [3.8, 4) is 5.75 Å². The number of ether oxygens (including phenoxy) is 1. The van der Waals surface area contributed by atoms with E-state index in [-0.39, 0.29) is 10.6 Å². The molecular formula is C15H13Br2FO. The van der Waals surface area contributed by atoms with Crippen molar-refractivity contribution >= 4 is 31.9 Å². The van der Waals surface area contributed by atoms with Crippen molar-refractivity contribution in [1.82, 2.24) is 0 Å². The van der Waals surface area contributed by atoms with Gasteiger partial charge >= 0.3 is 0 Å². The molecule has 0 aliphatic rings. The van der Waals surface area contributed by atoms with Crippen LogP contribution in [-0.4, -0.2) is 7.11 Å². The first-order valence-electron chi connectivity index (χ1n) is 5.82. The maximum absolute atomic E-state index is 13.7. The molecule has 0 fully saturated rings. The van der Waals surface area contributed by atoms with Crippen LogP contribution in [0.1, 0.15) is 16.0 Å². The monoisotopic (exact) mass is 386 g/mol. The summed E-state index contributed by atoms with van der Waals surface area (Å²) in [6, 6.07) is 12.7. The molecule has 0 N–H and O–H groups in total. The molecule has 2 aromatic rings. The zero-order valence-electron chi connectivity index (χ0n) is 10.4. The minimum atomic E-state index is -0.178. The molecule has 0 spiro atoms. The van der Waals surface area contributed by atoms with Gasteiger partial charge < -0.3 is 4.74 Å². The third-order valence-electron chi connectivity index (χ3n) is 2.89. The smallest absolute Gasteiger partial charge is 0.126 e. The first kappa shape index (κ1) is 14.5. The maximum Gasteiger partial charge on any atom is 0.126 e. The Labute approximate surface area is 129 Å². The van der Waals surface area contributed by atoms with E-state index in [1.165, 1.54) is 6.07 Å². The number of methoxy groups -OCH3 is 1. The predicted octanol–water partition coefficient (Wildman–Crippen LogP) is 5.28. The molecule has 0 aromatic heterocycles. The summed E-state index contributed by atoms with van der Waals surface area (Å²) in [6.07, 6.45) is 0.574. The van der Waals surface area contributed by atoms with Crippen LogP contribution in [0.25, 0.3) is 0 Å². The van der Waals surface area contributed by atoms with Crippen molar-refractivity contribution in [1.29, 1.82) is 0 Å². The number of halogens is 3. The zero-order valence-corrected chi connectivity index (χ0v) is 13.5. The molecule has 100 valence electrons. The maximum atomic E-state index is 13.7. The van der Waals surface area contributed by atoms with Gasteiger partial charge in [0, 0.05) is 14.9 Å². The molecule has 0 aliphatic carbocycles. The highest BCUT2D eigenvalue weighted by Crippen LogP contribution is 2.35. The average Bonchev–Trinajstić information content (AvgIpc) is 2.41. The summed E-state index contributed by atoms with van der Waals surface area (Å²) < 4.78 is 20.0. The molecule has 0 aliphatic heterocycles. The summed E-state index contributed by atoms with van der Waals surface area (Å²) in [5.41, 5.74) is 1.70.